The maximum absolute atomic E-state index is 6.20. The molecule has 1 N–H and O–H groups in total. The van der Waals surface area contributed by atoms with Crippen molar-refractivity contribution >= 4 is 11.6 Å². The first-order chi connectivity index (χ1) is 9.12. The van der Waals surface area contributed by atoms with Crippen molar-refractivity contribution < 1.29 is 9.47 Å². The molecule has 104 valence electrons. The van der Waals surface area contributed by atoms with Crippen LogP contribution in [0.15, 0.2) is 12.1 Å². The van der Waals surface area contributed by atoms with E-state index in [1.54, 1.807) is 7.11 Å². The molecule has 0 amide bonds. The zero-order valence-electron chi connectivity index (χ0n) is 11.6. The average Bonchev–Trinajstić information content (AvgIpc) is 2.42. The molecule has 1 atom stereocenters. The van der Waals surface area contributed by atoms with Gasteiger partial charge in [-0.05, 0) is 31.0 Å². The zero-order chi connectivity index (χ0) is 14.3. The summed E-state index contributed by atoms with van der Waals surface area (Å²) in [4.78, 5) is 0. The van der Waals surface area contributed by atoms with Crippen LogP contribution in [0.2, 0.25) is 5.02 Å². The highest BCUT2D eigenvalue weighted by Crippen LogP contribution is 2.36. The van der Waals surface area contributed by atoms with E-state index in [4.69, 9.17) is 27.5 Å². The van der Waals surface area contributed by atoms with Crippen molar-refractivity contribution in [2.45, 2.75) is 32.9 Å². The second-order valence-electron chi connectivity index (χ2n) is 4.29. The van der Waals surface area contributed by atoms with E-state index in [0.717, 1.165) is 18.5 Å². The molecule has 0 spiro atoms. The largest absolute Gasteiger partial charge is 0.493 e. The summed E-state index contributed by atoms with van der Waals surface area (Å²) in [5.41, 5.74) is 1.05. The number of ether oxygens (including phenoxy) is 2. The van der Waals surface area contributed by atoms with Crippen molar-refractivity contribution in [2.75, 3.05) is 13.7 Å². The van der Waals surface area contributed by atoms with E-state index in [0.29, 0.717) is 22.6 Å². The van der Waals surface area contributed by atoms with Gasteiger partial charge in [0.15, 0.2) is 11.5 Å². The van der Waals surface area contributed by atoms with Gasteiger partial charge < -0.3 is 14.8 Å². The lowest BCUT2D eigenvalue weighted by atomic mass is 10.1. The van der Waals surface area contributed by atoms with E-state index in [1.807, 2.05) is 12.1 Å². The number of halogens is 1. The van der Waals surface area contributed by atoms with Gasteiger partial charge in [-0.2, -0.15) is 0 Å². The first-order valence-corrected chi connectivity index (χ1v) is 6.66. The fourth-order valence-corrected chi connectivity index (χ4v) is 1.85. The Hall–Kier alpha value is -1.37. The molecule has 0 bridgehead atoms. The second-order valence-corrected chi connectivity index (χ2v) is 4.70. The van der Waals surface area contributed by atoms with E-state index in [2.05, 4.69) is 25.1 Å². The molecule has 0 aliphatic rings. The standard InChI is InChI=1S/C15H20ClNO2/c1-5-7-19-15-13(16)8-12(9-14(15)18-4)10-17-11(3)6-2/h1,8-9,11,17H,6-7,10H2,2-4H3. The molecule has 1 aromatic rings. The highest BCUT2D eigenvalue weighted by molar-refractivity contribution is 6.32. The fourth-order valence-electron chi connectivity index (χ4n) is 1.57. The summed E-state index contributed by atoms with van der Waals surface area (Å²) in [6.07, 6.45) is 6.25. The predicted octanol–water partition coefficient (Wildman–Crippen LogP) is 3.25. The average molecular weight is 282 g/mol. The van der Waals surface area contributed by atoms with E-state index in [-0.39, 0.29) is 6.61 Å². The van der Waals surface area contributed by atoms with Crippen molar-refractivity contribution in [3.05, 3.63) is 22.7 Å². The van der Waals surface area contributed by atoms with E-state index in [9.17, 15) is 0 Å². The molecule has 0 heterocycles. The van der Waals surface area contributed by atoms with Gasteiger partial charge in [-0.3, -0.25) is 0 Å². The summed E-state index contributed by atoms with van der Waals surface area (Å²) in [6.45, 7) is 5.19. The predicted molar refractivity (Wildman–Crippen MR) is 78.9 cm³/mol. The zero-order valence-corrected chi connectivity index (χ0v) is 12.4. The molecule has 0 saturated carbocycles. The molecule has 0 aliphatic heterocycles. The number of benzene rings is 1. The number of terminal acetylenes is 1. The van der Waals surface area contributed by atoms with Crippen LogP contribution in [0, 0.1) is 12.3 Å². The molecule has 1 rings (SSSR count). The van der Waals surface area contributed by atoms with Gasteiger partial charge in [0.1, 0.15) is 6.61 Å². The lowest BCUT2D eigenvalue weighted by Gasteiger charge is -2.15. The minimum Gasteiger partial charge on any atom is -0.493 e. The van der Waals surface area contributed by atoms with Crippen molar-refractivity contribution in [2.24, 2.45) is 0 Å². The van der Waals surface area contributed by atoms with Crippen molar-refractivity contribution in [1.82, 2.24) is 5.32 Å². The third-order valence-corrected chi connectivity index (χ3v) is 3.14. The molecule has 4 heteroatoms. The molecular weight excluding hydrogens is 262 g/mol. The third kappa shape index (κ3) is 4.66. The van der Waals surface area contributed by atoms with Gasteiger partial charge >= 0.3 is 0 Å². The van der Waals surface area contributed by atoms with Crippen LogP contribution in [-0.4, -0.2) is 19.8 Å². The van der Waals surface area contributed by atoms with Crippen LogP contribution in [0.4, 0.5) is 0 Å². The minimum absolute atomic E-state index is 0.167. The normalized spacial score (nSPS) is 11.7. The lowest BCUT2D eigenvalue weighted by molar-refractivity contribution is 0.330. The number of rotatable bonds is 7. The van der Waals surface area contributed by atoms with Gasteiger partial charge in [-0.25, -0.2) is 0 Å². The Labute approximate surface area is 120 Å². The number of hydrogen-bond acceptors (Lipinski definition) is 3. The Kier molecular flexibility index (Phi) is 6.55. The quantitative estimate of drug-likeness (QED) is 0.778. The highest BCUT2D eigenvalue weighted by atomic mass is 35.5. The molecule has 0 aromatic heterocycles. The van der Waals surface area contributed by atoms with Crippen molar-refractivity contribution in [3.8, 4) is 23.8 Å². The van der Waals surface area contributed by atoms with Gasteiger partial charge in [0.25, 0.3) is 0 Å². The smallest absolute Gasteiger partial charge is 0.181 e. The molecule has 0 radical (unpaired) electrons. The summed E-state index contributed by atoms with van der Waals surface area (Å²) in [6, 6.07) is 4.24. The molecule has 0 saturated heterocycles. The fraction of sp³-hybridized carbons (Fsp3) is 0.467. The van der Waals surface area contributed by atoms with Crippen LogP contribution in [0.25, 0.3) is 0 Å². The van der Waals surface area contributed by atoms with Crippen LogP contribution >= 0.6 is 11.6 Å². The van der Waals surface area contributed by atoms with Crippen LogP contribution in [0.1, 0.15) is 25.8 Å². The Morgan fingerprint density at radius 2 is 2.21 bits per heavy atom. The Bertz CT molecular complexity index is 454. The summed E-state index contributed by atoms with van der Waals surface area (Å²) >= 11 is 6.20. The van der Waals surface area contributed by atoms with Gasteiger partial charge in [0.2, 0.25) is 0 Å². The Morgan fingerprint density at radius 3 is 2.79 bits per heavy atom. The van der Waals surface area contributed by atoms with Crippen LogP contribution < -0.4 is 14.8 Å². The minimum atomic E-state index is 0.167. The van der Waals surface area contributed by atoms with Crippen LogP contribution in [0.3, 0.4) is 0 Å². The van der Waals surface area contributed by atoms with Crippen molar-refractivity contribution in [1.29, 1.82) is 0 Å². The Morgan fingerprint density at radius 1 is 1.47 bits per heavy atom. The Balaban J connectivity index is 2.86. The van der Waals surface area contributed by atoms with Crippen molar-refractivity contribution in [3.63, 3.8) is 0 Å². The van der Waals surface area contributed by atoms with E-state index in [1.165, 1.54) is 0 Å². The molecule has 1 unspecified atom stereocenters. The molecule has 0 fully saturated rings. The summed E-state index contributed by atoms with van der Waals surface area (Å²) in [5, 5.41) is 3.91. The SMILES string of the molecule is C#CCOc1c(Cl)cc(CNC(C)CC)cc1OC. The monoisotopic (exact) mass is 281 g/mol. The van der Waals surface area contributed by atoms with Gasteiger partial charge in [-0.1, -0.05) is 24.4 Å². The molecule has 0 aliphatic carbocycles. The van der Waals surface area contributed by atoms with Crippen LogP contribution in [-0.2, 0) is 6.54 Å². The first-order valence-electron chi connectivity index (χ1n) is 6.28. The number of methoxy groups -OCH3 is 1. The van der Waals surface area contributed by atoms with Crippen LogP contribution in [0.5, 0.6) is 11.5 Å². The molecule has 1 aromatic carbocycles. The van der Waals surface area contributed by atoms with E-state index < -0.39 is 0 Å². The lowest BCUT2D eigenvalue weighted by Crippen LogP contribution is -2.24. The highest BCUT2D eigenvalue weighted by Gasteiger charge is 2.12. The maximum atomic E-state index is 6.20. The molecular formula is C15H20ClNO2. The number of hydrogen-bond donors (Lipinski definition) is 1. The van der Waals surface area contributed by atoms with Gasteiger partial charge in [-0.15, -0.1) is 6.42 Å². The third-order valence-electron chi connectivity index (χ3n) is 2.86. The topological polar surface area (TPSA) is 30.5 Å². The maximum Gasteiger partial charge on any atom is 0.181 e. The summed E-state index contributed by atoms with van der Waals surface area (Å²) in [7, 11) is 1.58. The second kappa shape index (κ2) is 7.93. The molecule has 19 heavy (non-hydrogen) atoms. The summed E-state index contributed by atoms with van der Waals surface area (Å²) < 4.78 is 10.7. The first kappa shape index (κ1) is 15.7. The number of nitrogens with one attached hydrogen (secondary N) is 1. The van der Waals surface area contributed by atoms with Gasteiger partial charge in [0, 0.05) is 12.6 Å². The summed E-state index contributed by atoms with van der Waals surface area (Å²) in [5.74, 6) is 3.50. The van der Waals surface area contributed by atoms with Gasteiger partial charge in [0.05, 0.1) is 12.1 Å². The molecule has 3 nitrogen and oxygen atoms in total. The van der Waals surface area contributed by atoms with E-state index >= 15 is 0 Å².